The summed E-state index contributed by atoms with van der Waals surface area (Å²) < 4.78 is 10.7. The number of benzene rings is 2. The first-order chi connectivity index (χ1) is 9.76. The Kier molecular flexibility index (Phi) is 4.21. The lowest BCUT2D eigenvalue weighted by atomic mass is 10.1. The van der Waals surface area contributed by atoms with Crippen molar-refractivity contribution in [2.45, 2.75) is 6.61 Å². The van der Waals surface area contributed by atoms with Crippen molar-refractivity contribution < 1.29 is 9.47 Å². The van der Waals surface area contributed by atoms with Crippen LogP contribution in [0.15, 0.2) is 42.5 Å². The summed E-state index contributed by atoms with van der Waals surface area (Å²) in [6, 6.07) is 16.4. The van der Waals surface area contributed by atoms with Gasteiger partial charge in [0.05, 0.1) is 30.4 Å². The monoisotopic (exact) mass is 264 g/mol. The van der Waals surface area contributed by atoms with Crippen molar-refractivity contribution in [1.29, 1.82) is 10.5 Å². The number of methoxy groups -OCH3 is 1. The van der Waals surface area contributed by atoms with Gasteiger partial charge in [-0.1, -0.05) is 18.2 Å². The van der Waals surface area contributed by atoms with Gasteiger partial charge in [0.25, 0.3) is 0 Å². The minimum absolute atomic E-state index is 0.266. The van der Waals surface area contributed by atoms with Gasteiger partial charge in [-0.2, -0.15) is 10.5 Å². The van der Waals surface area contributed by atoms with Crippen molar-refractivity contribution in [1.82, 2.24) is 0 Å². The molecule has 0 radical (unpaired) electrons. The molecule has 0 amide bonds. The summed E-state index contributed by atoms with van der Waals surface area (Å²) in [6.45, 7) is 0.266. The van der Waals surface area contributed by atoms with Crippen LogP contribution in [0.5, 0.6) is 11.5 Å². The molecule has 2 aromatic rings. The molecule has 2 rings (SSSR count). The SMILES string of the molecule is COc1cc(C#N)cc(OCc2ccccc2C#N)c1. The van der Waals surface area contributed by atoms with Gasteiger partial charge in [-0.3, -0.25) is 0 Å². The van der Waals surface area contributed by atoms with E-state index in [0.29, 0.717) is 22.6 Å². The minimum Gasteiger partial charge on any atom is -0.497 e. The van der Waals surface area contributed by atoms with Crippen LogP contribution in [0.2, 0.25) is 0 Å². The van der Waals surface area contributed by atoms with Crippen molar-refractivity contribution in [2.75, 3.05) is 7.11 Å². The van der Waals surface area contributed by atoms with E-state index in [9.17, 15) is 0 Å². The molecule has 0 N–H and O–H groups in total. The van der Waals surface area contributed by atoms with Crippen molar-refractivity contribution in [3.05, 3.63) is 59.2 Å². The fourth-order valence-corrected chi connectivity index (χ4v) is 1.75. The Hall–Kier alpha value is -2.98. The van der Waals surface area contributed by atoms with Crippen LogP contribution in [0, 0.1) is 22.7 Å². The van der Waals surface area contributed by atoms with Gasteiger partial charge in [0, 0.05) is 11.6 Å². The first kappa shape index (κ1) is 13.5. The molecular weight excluding hydrogens is 252 g/mol. The third-order valence-corrected chi connectivity index (χ3v) is 2.78. The Morgan fingerprint density at radius 2 is 1.75 bits per heavy atom. The molecule has 0 fully saturated rings. The zero-order valence-corrected chi connectivity index (χ0v) is 11.0. The number of nitriles is 2. The van der Waals surface area contributed by atoms with Gasteiger partial charge >= 0.3 is 0 Å². The zero-order valence-electron chi connectivity index (χ0n) is 11.0. The second-order valence-corrected chi connectivity index (χ2v) is 4.07. The zero-order chi connectivity index (χ0) is 14.4. The van der Waals surface area contributed by atoms with Crippen LogP contribution in [0.3, 0.4) is 0 Å². The molecule has 0 aliphatic heterocycles. The van der Waals surface area contributed by atoms with Gasteiger partial charge < -0.3 is 9.47 Å². The standard InChI is InChI=1S/C16H12N2O2/c1-19-15-6-12(9-17)7-16(8-15)20-11-14-5-3-2-4-13(14)10-18/h2-8H,11H2,1H3. The molecule has 0 heterocycles. The number of hydrogen-bond donors (Lipinski definition) is 0. The Balaban J connectivity index is 2.19. The van der Waals surface area contributed by atoms with E-state index in [0.717, 1.165) is 5.56 Å². The maximum Gasteiger partial charge on any atom is 0.124 e. The fourth-order valence-electron chi connectivity index (χ4n) is 1.75. The van der Waals surface area contributed by atoms with Crippen LogP contribution >= 0.6 is 0 Å². The van der Waals surface area contributed by atoms with Crippen LogP contribution in [0.25, 0.3) is 0 Å². The van der Waals surface area contributed by atoms with E-state index < -0.39 is 0 Å². The normalized spacial score (nSPS) is 9.35. The van der Waals surface area contributed by atoms with Gasteiger partial charge in [-0.05, 0) is 18.2 Å². The summed E-state index contributed by atoms with van der Waals surface area (Å²) in [5, 5.41) is 18.0. The number of hydrogen-bond acceptors (Lipinski definition) is 4. The molecular formula is C16H12N2O2. The molecule has 4 heteroatoms. The minimum atomic E-state index is 0.266. The highest BCUT2D eigenvalue weighted by Gasteiger charge is 2.05. The van der Waals surface area contributed by atoms with Gasteiger partial charge in [-0.15, -0.1) is 0 Å². The third-order valence-electron chi connectivity index (χ3n) is 2.78. The molecule has 98 valence electrons. The summed E-state index contributed by atoms with van der Waals surface area (Å²) in [6.07, 6.45) is 0. The fraction of sp³-hybridized carbons (Fsp3) is 0.125. The van der Waals surface area contributed by atoms with E-state index in [4.69, 9.17) is 20.0 Å². The maximum absolute atomic E-state index is 9.01. The van der Waals surface area contributed by atoms with E-state index in [-0.39, 0.29) is 6.61 Å². The molecule has 0 atom stereocenters. The Bertz CT molecular complexity index is 696. The van der Waals surface area contributed by atoms with E-state index in [1.807, 2.05) is 12.1 Å². The van der Waals surface area contributed by atoms with E-state index >= 15 is 0 Å². The molecule has 0 saturated carbocycles. The molecule has 0 saturated heterocycles. The van der Waals surface area contributed by atoms with Crippen molar-refractivity contribution >= 4 is 0 Å². The quantitative estimate of drug-likeness (QED) is 0.851. The molecule has 0 spiro atoms. The molecule has 0 aromatic heterocycles. The molecule has 4 nitrogen and oxygen atoms in total. The second kappa shape index (κ2) is 6.26. The molecule has 20 heavy (non-hydrogen) atoms. The average molecular weight is 264 g/mol. The molecule has 0 aliphatic carbocycles. The molecule has 0 aliphatic rings. The van der Waals surface area contributed by atoms with E-state index in [1.54, 1.807) is 30.3 Å². The van der Waals surface area contributed by atoms with Crippen LogP contribution in [0.4, 0.5) is 0 Å². The van der Waals surface area contributed by atoms with E-state index in [1.165, 1.54) is 7.11 Å². The molecule has 0 bridgehead atoms. The summed E-state index contributed by atoms with van der Waals surface area (Å²) in [4.78, 5) is 0. The number of rotatable bonds is 4. The largest absolute Gasteiger partial charge is 0.497 e. The summed E-state index contributed by atoms with van der Waals surface area (Å²) in [5.41, 5.74) is 1.85. The summed E-state index contributed by atoms with van der Waals surface area (Å²) >= 11 is 0. The topological polar surface area (TPSA) is 66.0 Å². The first-order valence-electron chi connectivity index (χ1n) is 5.97. The van der Waals surface area contributed by atoms with Gasteiger partial charge in [0.15, 0.2) is 0 Å². The Labute approximate surface area is 117 Å². The van der Waals surface area contributed by atoms with Crippen molar-refractivity contribution in [2.24, 2.45) is 0 Å². The van der Waals surface area contributed by atoms with Crippen molar-refractivity contribution in [3.63, 3.8) is 0 Å². The lowest BCUT2D eigenvalue weighted by molar-refractivity contribution is 0.303. The van der Waals surface area contributed by atoms with Crippen molar-refractivity contribution in [3.8, 4) is 23.6 Å². The number of nitrogens with zero attached hydrogens (tertiary/aromatic N) is 2. The smallest absolute Gasteiger partial charge is 0.124 e. The number of ether oxygens (including phenoxy) is 2. The van der Waals surface area contributed by atoms with Crippen LogP contribution in [-0.2, 0) is 6.61 Å². The van der Waals surface area contributed by atoms with Gasteiger partial charge in [0.2, 0.25) is 0 Å². The van der Waals surface area contributed by atoms with Crippen LogP contribution in [0.1, 0.15) is 16.7 Å². The highest BCUT2D eigenvalue weighted by atomic mass is 16.5. The average Bonchev–Trinajstić information content (AvgIpc) is 2.52. The molecule has 0 unspecified atom stereocenters. The van der Waals surface area contributed by atoms with Gasteiger partial charge in [0.1, 0.15) is 18.1 Å². The predicted molar refractivity (Wildman–Crippen MR) is 73.2 cm³/mol. The molecule has 2 aromatic carbocycles. The Morgan fingerprint density at radius 1 is 1.00 bits per heavy atom. The predicted octanol–water partition coefficient (Wildman–Crippen LogP) is 3.02. The van der Waals surface area contributed by atoms with Gasteiger partial charge in [-0.25, -0.2) is 0 Å². The lowest BCUT2D eigenvalue weighted by Crippen LogP contribution is -1.98. The third kappa shape index (κ3) is 3.07. The second-order valence-electron chi connectivity index (χ2n) is 4.07. The highest BCUT2D eigenvalue weighted by molar-refractivity contribution is 5.44. The maximum atomic E-state index is 9.01. The lowest BCUT2D eigenvalue weighted by Gasteiger charge is -2.09. The first-order valence-corrected chi connectivity index (χ1v) is 5.97. The van der Waals surface area contributed by atoms with Crippen LogP contribution in [-0.4, -0.2) is 7.11 Å². The summed E-state index contributed by atoms with van der Waals surface area (Å²) in [5.74, 6) is 1.10. The summed E-state index contributed by atoms with van der Waals surface area (Å²) in [7, 11) is 1.53. The van der Waals surface area contributed by atoms with Crippen LogP contribution < -0.4 is 9.47 Å². The van der Waals surface area contributed by atoms with E-state index in [2.05, 4.69) is 12.1 Å². The highest BCUT2D eigenvalue weighted by Crippen LogP contribution is 2.23. The Morgan fingerprint density at radius 3 is 2.45 bits per heavy atom.